The third kappa shape index (κ3) is 4.48. The summed E-state index contributed by atoms with van der Waals surface area (Å²) >= 11 is 0.957. The SMILES string of the molecule is CCCNC(=O)c1nsc(C(=O)NCCC(C)C)c1N. The molecule has 0 aliphatic rings. The van der Waals surface area contributed by atoms with E-state index < -0.39 is 0 Å². The molecule has 0 saturated heterocycles. The molecule has 0 atom stereocenters. The van der Waals surface area contributed by atoms with Crippen molar-refractivity contribution >= 4 is 29.0 Å². The normalized spacial score (nSPS) is 10.6. The highest BCUT2D eigenvalue weighted by Gasteiger charge is 2.21. The van der Waals surface area contributed by atoms with Crippen LogP contribution in [-0.4, -0.2) is 29.3 Å². The Labute approximate surface area is 123 Å². The van der Waals surface area contributed by atoms with Crippen molar-refractivity contribution in [3.63, 3.8) is 0 Å². The van der Waals surface area contributed by atoms with Crippen LogP contribution in [0.2, 0.25) is 0 Å². The zero-order chi connectivity index (χ0) is 15.1. The molecule has 0 aliphatic carbocycles. The lowest BCUT2D eigenvalue weighted by atomic mass is 10.1. The van der Waals surface area contributed by atoms with Gasteiger partial charge in [-0.2, -0.15) is 4.37 Å². The second-order valence-electron chi connectivity index (χ2n) is 4.97. The fourth-order valence-corrected chi connectivity index (χ4v) is 2.22. The largest absolute Gasteiger partial charge is 0.395 e. The van der Waals surface area contributed by atoms with Crippen molar-refractivity contribution in [3.8, 4) is 0 Å². The number of carbonyl (C=O) groups is 2. The first kappa shape index (κ1) is 16.4. The van der Waals surface area contributed by atoms with Gasteiger partial charge in [0.25, 0.3) is 11.8 Å². The van der Waals surface area contributed by atoms with E-state index in [9.17, 15) is 9.59 Å². The summed E-state index contributed by atoms with van der Waals surface area (Å²) in [4.78, 5) is 24.0. The molecule has 4 N–H and O–H groups in total. The summed E-state index contributed by atoms with van der Waals surface area (Å²) in [6.07, 6.45) is 1.73. The minimum Gasteiger partial charge on any atom is -0.395 e. The molecule has 0 bridgehead atoms. The summed E-state index contributed by atoms with van der Waals surface area (Å²) in [7, 11) is 0. The van der Waals surface area contributed by atoms with Crippen LogP contribution in [0.15, 0.2) is 0 Å². The Bertz CT molecular complexity index is 471. The number of hydrogen-bond acceptors (Lipinski definition) is 5. The van der Waals surface area contributed by atoms with Crippen LogP contribution in [0.5, 0.6) is 0 Å². The van der Waals surface area contributed by atoms with E-state index >= 15 is 0 Å². The number of nitrogens with zero attached hydrogens (tertiary/aromatic N) is 1. The zero-order valence-corrected chi connectivity index (χ0v) is 13.0. The lowest BCUT2D eigenvalue weighted by Gasteiger charge is -2.06. The summed E-state index contributed by atoms with van der Waals surface area (Å²) < 4.78 is 3.98. The Hall–Kier alpha value is -1.63. The fraction of sp³-hybridized carbons (Fsp3) is 0.615. The molecule has 1 rings (SSSR count). The molecule has 1 aromatic heterocycles. The van der Waals surface area contributed by atoms with Crippen LogP contribution in [0.4, 0.5) is 5.69 Å². The predicted molar refractivity (Wildman–Crippen MR) is 80.9 cm³/mol. The lowest BCUT2D eigenvalue weighted by Crippen LogP contribution is -2.27. The van der Waals surface area contributed by atoms with E-state index in [4.69, 9.17) is 5.73 Å². The Kier molecular flexibility index (Phi) is 6.44. The van der Waals surface area contributed by atoms with Crippen molar-refractivity contribution in [2.24, 2.45) is 5.92 Å². The van der Waals surface area contributed by atoms with Gasteiger partial charge >= 0.3 is 0 Å². The van der Waals surface area contributed by atoms with Gasteiger partial charge in [0.15, 0.2) is 5.69 Å². The van der Waals surface area contributed by atoms with Crippen molar-refractivity contribution in [1.82, 2.24) is 15.0 Å². The van der Waals surface area contributed by atoms with Gasteiger partial charge in [0.2, 0.25) is 0 Å². The van der Waals surface area contributed by atoms with Crippen molar-refractivity contribution < 1.29 is 9.59 Å². The molecule has 0 saturated carbocycles. The van der Waals surface area contributed by atoms with Crippen LogP contribution in [0.3, 0.4) is 0 Å². The summed E-state index contributed by atoms with van der Waals surface area (Å²) in [5, 5.41) is 5.48. The van der Waals surface area contributed by atoms with E-state index in [2.05, 4.69) is 28.9 Å². The van der Waals surface area contributed by atoms with Crippen LogP contribution in [0.1, 0.15) is 53.8 Å². The van der Waals surface area contributed by atoms with Gasteiger partial charge in [-0.15, -0.1) is 0 Å². The smallest absolute Gasteiger partial charge is 0.273 e. The topological polar surface area (TPSA) is 97.1 Å². The van der Waals surface area contributed by atoms with E-state index in [1.165, 1.54) is 0 Å². The van der Waals surface area contributed by atoms with E-state index in [1.54, 1.807) is 0 Å². The van der Waals surface area contributed by atoms with Gasteiger partial charge in [0.1, 0.15) is 4.88 Å². The van der Waals surface area contributed by atoms with Gasteiger partial charge in [-0.3, -0.25) is 9.59 Å². The molecule has 1 aromatic rings. The zero-order valence-electron chi connectivity index (χ0n) is 12.2. The molecule has 0 aliphatic heterocycles. The number of aromatic nitrogens is 1. The maximum Gasteiger partial charge on any atom is 0.273 e. The number of hydrogen-bond donors (Lipinski definition) is 3. The molecule has 0 spiro atoms. The number of nitrogens with two attached hydrogens (primary N) is 1. The van der Waals surface area contributed by atoms with Crippen molar-refractivity contribution in [2.75, 3.05) is 18.8 Å². The number of nitrogens with one attached hydrogen (secondary N) is 2. The quantitative estimate of drug-likeness (QED) is 0.713. The van der Waals surface area contributed by atoms with Gasteiger partial charge in [-0.05, 0) is 30.3 Å². The lowest BCUT2D eigenvalue weighted by molar-refractivity contribution is 0.0949. The summed E-state index contributed by atoms with van der Waals surface area (Å²) in [5.74, 6) is -0.0819. The maximum absolute atomic E-state index is 11.9. The predicted octanol–water partition coefficient (Wildman–Crippen LogP) is 1.64. The number of amides is 2. The van der Waals surface area contributed by atoms with Crippen LogP contribution >= 0.6 is 11.5 Å². The number of nitrogen functional groups attached to an aromatic ring is 1. The molecule has 112 valence electrons. The molecule has 0 fully saturated rings. The molecule has 7 heteroatoms. The van der Waals surface area contributed by atoms with E-state index in [1.807, 2.05) is 6.92 Å². The Morgan fingerprint density at radius 1 is 1.25 bits per heavy atom. The number of anilines is 1. The van der Waals surface area contributed by atoms with Crippen molar-refractivity contribution in [1.29, 1.82) is 0 Å². The van der Waals surface area contributed by atoms with Crippen LogP contribution in [-0.2, 0) is 0 Å². The van der Waals surface area contributed by atoms with Gasteiger partial charge < -0.3 is 16.4 Å². The first-order chi connectivity index (χ1) is 9.47. The monoisotopic (exact) mass is 298 g/mol. The second-order valence-corrected chi connectivity index (χ2v) is 5.74. The minimum atomic E-state index is -0.332. The molecule has 1 heterocycles. The summed E-state index contributed by atoms with van der Waals surface area (Å²) in [5.41, 5.74) is 6.13. The highest BCUT2D eigenvalue weighted by atomic mass is 32.1. The van der Waals surface area contributed by atoms with Crippen LogP contribution < -0.4 is 16.4 Å². The van der Waals surface area contributed by atoms with Gasteiger partial charge in [-0.25, -0.2) is 0 Å². The summed E-state index contributed by atoms with van der Waals surface area (Å²) in [6, 6.07) is 0. The molecule has 6 nitrogen and oxygen atoms in total. The summed E-state index contributed by atoms with van der Waals surface area (Å²) in [6.45, 7) is 7.28. The fourth-order valence-electron chi connectivity index (χ4n) is 1.50. The van der Waals surface area contributed by atoms with Crippen LogP contribution in [0, 0.1) is 5.92 Å². The molecule has 0 radical (unpaired) electrons. The van der Waals surface area contributed by atoms with Gasteiger partial charge in [0.05, 0.1) is 5.69 Å². The third-order valence-corrected chi connectivity index (χ3v) is 3.55. The first-order valence-electron chi connectivity index (χ1n) is 6.78. The number of carbonyl (C=O) groups excluding carboxylic acids is 2. The molecule has 0 aromatic carbocycles. The Balaban J connectivity index is 2.66. The highest BCUT2D eigenvalue weighted by Crippen LogP contribution is 2.21. The van der Waals surface area contributed by atoms with Gasteiger partial charge in [-0.1, -0.05) is 20.8 Å². The third-order valence-electron chi connectivity index (χ3n) is 2.69. The van der Waals surface area contributed by atoms with Crippen LogP contribution in [0.25, 0.3) is 0 Å². The minimum absolute atomic E-state index is 0.137. The second kappa shape index (κ2) is 7.84. The average Bonchev–Trinajstić information content (AvgIpc) is 2.77. The highest BCUT2D eigenvalue weighted by molar-refractivity contribution is 7.09. The Morgan fingerprint density at radius 2 is 1.90 bits per heavy atom. The molecule has 0 unspecified atom stereocenters. The van der Waals surface area contributed by atoms with Gasteiger partial charge in [0, 0.05) is 13.1 Å². The number of rotatable bonds is 7. The Morgan fingerprint density at radius 3 is 2.50 bits per heavy atom. The first-order valence-corrected chi connectivity index (χ1v) is 7.56. The van der Waals surface area contributed by atoms with E-state index in [0.29, 0.717) is 23.9 Å². The van der Waals surface area contributed by atoms with E-state index in [0.717, 1.165) is 24.4 Å². The maximum atomic E-state index is 11.9. The molecule has 2 amide bonds. The van der Waals surface area contributed by atoms with Crippen molar-refractivity contribution in [3.05, 3.63) is 10.6 Å². The van der Waals surface area contributed by atoms with E-state index in [-0.39, 0.29) is 23.2 Å². The average molecular weight is 298 g/mol. The van der Waals surface area contributed by atoms with Crippen molar-refractivity contribution in [2.45, 2.75) is 33.6 Å². The molecule has 20 heavy (non-hydrogen) atoms. The standard InChI is InChI=1S/C13H22N4O2S/c1-4-6-15-12(18)10-9(14)11(20-17-10)13(19)16-7-5-8(2)3/h8H,4-7,14H2,1-3H3,(H,15,18)(H,16,19). The molecular weight excluding hydrogens is 276 g/mol. The molecular formula is C13H22N4O2S.